The van der Waals surface area contributed by atoms with E-state index in [1.54, 1.807) is 0 Å². The van der Waals surface area contributed by atoms with E-state index in [0.717, 1.165) is 27.7 Å². The number of rotatable bonds is 4. The molecule has 0 unspecified atom stereocenters. The van der Waals surface area contributed by atoms with Crippen LogP contribution < -0.4 is 10.6 Å². The lowest BCUT2D eigenvalue weighted by Gasteiger charge is -2.17. The topological polar surface area (TPSA) is 41.1 Å². The second-order valence-corrected chi connectivity index (χ2v) is 6.24. The van der Waals surface area contributed by atoms with Gasteiger partial charge in [0.1, 0.15) is 6.04 Å². The van der Waals surface area contributed by atoms with Crippen LogP contribution in [0.15, 0.2) is 60.7 Å². The van der Waals surface area contributed by atoms with Crippen molar-refractivity contribution in [3.63, 3.8) is 0 Å². The number of anilines is 2. The van der Waals surface area contributed by atoms with Crippen molar-refractivity contribution < 1.29 is 4.79 Å². The molecule has 0 fully saturated rings. The Balaban J connectivity index is 1.72. The number of aryl methyl sites for hydroxylation is 2. The predicted octanol–water partition coefficient (Wildman–Crippen LogP) is 4.90. The Bertz CT molecular complexity index is 886. The van der Waals surface area contributed by atoms with Gasteiger partial charge in [-0.2, -0.15) is 0 Å². The minimum atomic E-state index is -0.322. The summed E-state index contributed by atoms with van der Waals surface area (Å²) in [4.78, 5) is 12.5. The lowest BCUT2D eigenvalue weighted by molar-refractivity contribution is -0.116. The molecule has 0 bridgehead atoms. The molecule has 0 aromatic heterocycles. The van der Waals surface area contributed by atoms with Gasteiger partial charge in [-0.15, -0.1) is 0 Å². The fourth-order valence-corrected chi connectivity index (χ4v) is 2.71. The molecule has 122 valence electrons. The average molecular weight is 318 g/mol. The van der Waals surface area contributed by atoms with Gasteiger partial charge in [-0.25, -0.2) is 0 Å². The van der Waals surface area contributed by atoms with Crippen LogP contribution in [0, 0.1) is 13.8 Å². The van der Waals surface area contributed by atoms with E-state index in [-0.39, 0.29) is 11.9 Å². The molecule has 0 saturated heterocycles. The molecule has 3 heteroatoms. The fourth-order valence-electron chi connectivity index (χ4n) is 2.71. The molecule has 3 nitrogen and oxygen atoms in total. The number of hydrogen-bond donors (Lipinski definition) is 2. The zero-order valence-corrected chi connectivity index (χ0v) is 14.3. The van der Waals surface area contributed by atoms with Gasteiger partial charge in [0, 0.05) is 11.4 Å². The Morgan fingerprint density at radius 1 is 0.917 bits per heavy atom. The minimum Gasteiger partial charge on any atom is -0.374 e. The lowest BCUT2D eigenvalue weighted by atomic mass is 10.1. The summed E-state index contributed by atoms with van der Waals surface area (Å²) < 4.78 is 0. The number of hydrogen-bond acceptors (Lipinski definition) is 2. The monoisotopic (exact) mass is 318 g/mol. The molecule has 24 heavy (non-hydrogen) atoms. The van der Waals surface area contributed by atoms with E-state index >= 15 is 0 Å². The van der Waals surface area contributed by atoms with Gasteiger partial charge in [0.05, 0.1) is 0 Å². The molecule has 0 aliphatic carbocycles. The van der Waals surface area contributed by atoms with Gasteiger partial charge >= 0.3 is 0 Å². The first kappa shape index (κ1) is 16.1. The number of amides is 1. The molecule has 0 radical (unpaired) electrons. The molecular formula is C21H22N2O. The summed E-state index contributed by atoms with van der Waals surface area (Å²) in [6.07, 6.45) is 0. The molecule has 1 amide bonds. The SMILES string of the molecule is Cc1ccc(C)c(N[C@@H](C)C(=O)Nc2ccc3ccccc3c2)c1. The van der Waals surface area contributed by atoms with Crippen LogP contribution in [-0.2, 0) is 4.79 Å². The third kappa shape index (κ3) is 3.57. The van der Waals surface area contributed by atoms with Crippen molar-refractivity contribution in [2.75, 3.05) is 10.6 Å². The second kappa shape index (κ2) is 6.75. The third-order valence-corrected chi connectivity index (χ3v) is 4.18. The van der Waals surface area contributed by atoms with Gasteiger partial charge in [0.25, 0.3) is 0 Å². The van der Waals surface area contributed by atoms with Gasteiger partial charge in [-0.05, 0) is 60.9 Å². The molecule has 0 aliphatic rings. The number of carbonyl (C=O) groups excluding carboxylic acids is 1. The molecule has 1 atom stereocenters. The summed E-state index contributed by atoms with van der Waals surface area (Å²) in [5, 5.41) is 8.56. The largest absolute Gasteiger partial charge is 0.374 e. The molecule has 2 N–H and O–H groups in total. The Morgan fingerprint density at radius 3 is 2.46 bits per heavy atom. The molecule has 3 aromatic carbocycles. The second-order valence-electron chi connectivity index (χ2n) is 6.24. The Morgan fingerprint density at radius 2 is 1.67 bits per heavy atom. The van der Waals surface area contributed by atoms with Gasteiger partial charge in [-0.1, -0.05) is 42.5 Å². The minimum absolute atomic E-state index is 0.0498. The maximum absolute atomic E-state index is 12.5. The van der Waals surface area contributed by atoms with Crippen LogP contribution in [0.2, 0.25) is 0 Å². The molecule has 0 heterocycles. The van der Waals surface area contributed by atoms with Crippen LogP contribution in [0.3, 0.4) is 0 Å². The van der Waals surface area contributed by atoms with Crippen molar-refractivity contribution >= 4 is 28.1 Å². The maximum atomic E-state index is 12.5. The van der Waals surface area contributed by atoms with Crippen LogP contribution in [0.1, 0.15) is 18.1 Å². The summed E-state index contributed by atoms with van der Waals surface area (Å²) in [6, 6.07) is 19.9. The average Bonchev–Trinajstić information content (AvgIpc) is 2.58. The summed E-state index contributed by atoms with van der Waals surface area (Å²) in [6.45, 7) is 5.96. The number of benzene rings is 3. The predicted molar refractivity (Wildman–Crippen MR) is 102 cm³/mol. The smallest absolute Gasteiger partial charge is 0.246 e. The van der Waals surface area contributed by atoms with E-state index < -0.39 is 0 Å². The van der Waals surface area contributed by atoms with Crippen molar-refractivity contribution in [3.05, 3.63) is 71.8 Å². The van der Waals surface area contributed by atoms with E-state index in [1.807, 2.05) is 57.2 Å². The van der Waals surface area contributed by atoms with E-state index in [4.69, 9.17) is 0 Å². The van der Waals surface area contributed by atoms with Crippen molar-refractivity contribution in [2.45, 2.75) is 26.8 Å². The molecular weight excluding hydrogens is 296 g/mol. The first-order chi connectivity index (χ1) is 11.5. The zero-order chi connectivity index (χ0) is 17.1. The van der Waals surface area contributed by atoms with Gasteiger partial charge < -0.3 is 10.6 Å². The van der Waals surface area contributed by atoms with Gasteiger partial charge in [0.15, 0.2) is 0 Å². The van der Waals surface area contributed by atoms with E-state index in [2.05, 4.69) is 34.9 Å². The van der Waals surface area contributed by atoms with Crippen molar-refractivity contribution in [1.82, 2.24) is 0 Å². The van der Waals surface area contributed by atoms with Crippen LogP contribution in [0.4, 0.5) is 11.4 Å². The summed E-state index contributed by atoms with van der Waals surface area (Å²) >= 11 is 0. The first-order valence-corrected chi connectivity index (χ1v) is 8.16. The lowest BCUT2D eigenvalue weighted by Crippen LogP contribution is -2.32. The number of nitrogens with one attached hydrogen (secondary N) is 2. The third-order valence-electron chi connectivity index (χ3n) is 4.18. The van der Waals surface area contributed by atoms with Crippen LogP contribution in [0.25, 0.3) is 10.8 Å². The van der Waals surface area contributed by atoms with Crippen molar-refractivity contribution in [2.24, 2.45) is 0 Å². The number of carbonyl (C=O) groups is 1. The number of fused-ring (bicyclic) bond motifs is 1. The highest BCUT2D eigenvalue weighted by atomic mass is 16.2. The van der Waals surface area contributed by atoms with E-state index in [0.29, 0.717) is 0 Å². The van der Waals surface area contributed by atoms with Crippen LogP contribution >= 0.6 is 0 Å². The highest BCUT2D eigenvalue weighted by Crippen LogP contribution is 2.20. The molecule has 0 spiro atoms. The zero-order valence-electron chi connectivity index (χ0n) is 14.3. The molecule has 3 aromatic rings. The summed E-state index contributed by atoms with van der Waals surface area (Å²) in [5.74, 6) is -0.0498. The van der Waals surface area contributed by atoms with E-state index in [9.17, 15) is 4.79 Å². The highest BCUT2D eigenvalue weighted by Gasteiger charge is 2.14. The van der Waals surface area contributed by atoms with Crippen LogP contribution in [0.5, 0.6) is 0 Å². The quantitative estimate of drug-likeness (QED) is 0.718. The first-order valence-electron chi connectivity index (χ1n) is 8.16. The van der Waals surface area contributed by atoms with Crippen molar-refractivity contribution in [3.8, 4) is 0 Å². The highest BCUT2D eigenvalue weighted by molar-refractivity contribution is 5.98. The van der Waals surface area contributed by atoms with Crippen molar-refractivity contribution in [1.29, 1.82) is 0 Å². The molecule has 0 saturated carbocycles. The van der Waals surface area contributed by atoms with Crippen LogP contribution in [-0.4, -0.2) is 11.9 Å². The summed E-state index contributed by atoms with van der Waals surface area (Å²) in [5.41, 5.74) is 4.11. The summed E-state index contributed by atoms with van der Waals surface area (Å²) in [7, 11) is 0. The normalized spacial score (nSPS) is 12.0. The standard InChI is InChI=1S/C21H22N2O/c1-14-8-9-15(2)20(12-14)22-16(3)21(24)23-19-11-10-17-6-4-5-7-18(17)13-19/h4-13,16,22H,1-3H3,(H,23,24)/t16-/m0/s1. The molecule has 0 aliphatic heterocycles. The molecule has 3 rings (SSSR count). The van der Waals surface area contributed by atoms with Gasteiger partial charge in [-0.3, -0.25) is 4.79 Å². The Labute approximate surface area is 142 Å². The Kier molecular flexibility index (Phi) is 4.52. The van der Waals surface area contributed by atoms with Gasteiger partial charge in [0.2, 0.25) is 5.91 Å². The Hall–Kier alpha value is -2.81. The maximum Gasteiger partial charge on any atom is 0.246 e. The fraction of sp³-hybridized carbons (Fsp3) is 0.190. The van der Waals surface area contributed by atoms with E-state index in [1.165, 1.54) is 5.56 Å².